The van der Waals surface area contributed by atoms with E-state index in [0.29, 0.717) is 25.7 Å². The van der Waals surface area contributed by atoms with Crippen LogP contribution in [-0.2, 0) is 55.8 Å². The van der Waals surface area contributed by atoms with Gasteiger partial charge in [-0.2, -0.15) is 0 Å². The minimum atomic E-state index is -4.96. The molecule has 0 aromatic carbocycles. The van der Waals surface area contributed by atoms with Crippen molar-refractivity contribution in [3.8, 4) is 0 Å². The maximum absolute atomic E-state index is 13.0. The number of allylic oxidation sites excluding steroid dienone is 28. The second-order valence-corrected chi connectivity index (χ2v) is 28.7. The van der Waals surface area contributed by atoms with Gasteiger partial charge in [0.25, 0.3) is 0 Å². The van der Waals surface area contributed by atoms with Crippen LogP contribution in [0.3, 0.4) is 0 Å². The Labute approximate surface area is 624 Å². The monoisotopic (exact) mass is 1480 g/mol. The van der Waals surface area contributed by atoms with E-state index in [-0.39, 0.29) is 19.3 Å². The lowest BCUT2D eigenvalue weighted by atomic mass is 10.1. The van der Waals surface area contributed by atoms with Crippen molar-refractivity contribution in [1.82, 2.24) is 0 Å². The molecule has 4 N–H and O–H groups in total. The summed E-state index contributed by atoms with van der Waals surface area (Å²) < 4.78 is 61.1. The molecule has 0 saturated heterocycles. The van der Waals surface area contributed by atoms with Crippen molar-refractivity contribution in [3.63, 3.8) is 0 Å². The zero-order valence-electron chi connectivity index (χ0n) is 63.9. The maximum Gasteiger partial charge on any atom is 0.472 e. The number of carbonyl (C=O) groups is 3. The van der Waals surface area contributed by atoms with Crippen molar-refractivity contribution in [1.29, 1.82) is 0 Å². The summed E-state index contributed by atoms with van der Waals surface area (Å²) in [6.45, 7) is 2.33. The molecular formula is C85H140O16P2. The number of esters is 3. The van der Waals surface area contributed by atoms with E-state index in [1.165, 1.54) is 77.0 Å². The summed E-state index contributed by atoms with van der Waals surface area (Å²) >= 11 is 0. The molecule has 0 bridgehead atoms. The molecule has 586 valence electrons. The van der Waals surface area contributed by atoms with E-state index >= 15 is 0 Å². The quantitative estimate of drug-likeness (QED) is 0.0146. The molecule has 5 unspecified atom stereocenters. The van der Waals surface area contributed by atoms with Gasteiger partial charge < -0.3 is 34.2 Å². The highest BCUT2D eigenvalue weighted by Crippen LogP contribution is 2.45. The Bertz CT molecular complexity index is 2550. The highest BCUT2D eigenvalue weighted by atomic mass is 31.2. The molecule has 0 spiro atoms. The molecule has 0 aromatic heterocycles. The largest absolute Gasteiger partial charge is 0.472 e. The van der Waals surface area contributed by atoms with Crippen molar-refractivity contribution in [3.05, 3.63) is 170 Å². The molecular weight excluding hydrogens is 1340 g/mol. The Balaban J connectivity index is 4.69. The number of hydrogen-bond donors (Lipinski definition) is 4. The first-order valence-corrected chi connectivity index (χ1v) is 42.4. The Morgan fingerprint density at radius 3 is 0.845 bits per heavy atom. The molecule has 0 aliphatic carbocycles. The normalized spacial score (nSPS) is 14.9. The van der Waals surface area contributed by atoms with Crippen LogP contribution in [-0.4, -0.2) is 95.9 Å². The third-order valence-electron chi connectivity index (χ3n) is 15.9. The molecule has 0 aliphatic rings. The van der Waals surface area contributed by atoms with E-state index < -0.39 is 91.5 Å². The van der Waals surface area contributed by atoms with Gasteiger partial charge in [0.15, 0.2) is 6.10 Å². The number of phosphoric acid groups is 2. The van der Waals surface area contributed by atoms with Crippen LogP contribution in [0.15, 0.2) is 170 Å². The van der Waals surface area contributed by atoms with Gasteiger partial charge in [0.05, 0.1) is 26.4 Å². The van der Waals surface area contributed by atoms with Gasteiger partial charge in [-0.05, 0) is 148 Å². The fourth-order valence-electron chi connectivity index (χ4n) is 9.97. The van der Waals surface area contributed by atoms with Gasteiger partial charge in [0.1, 0.15) is 25.4 Å². The summed E-state index contributed by atoms with van der Waals surface area (Å²) in [4.78, 5) is 58.7. The van der Waals surface area contributed by atoms with Crippen molar-refractivity contribution in [2.75, 3.05) is 39.6 Å². The second-order valence-electron chi connectivity index (χ2n) is 25.7. The van der Waals surface area contributed by atoms with Crippen LogP contribution >= 0.6 is 15.6 Å². The summed E-state index contributed by atoms with van der Waals surface area (Å²) in [6.07, 6.45) is 96.9. The fraction of sp³-hybridized carbons (Fsp3) is 0.635. The predicted molar refractivity (Wildman–Crippen MR) is 426 cm³/mol. The van der Waals surface area contributed by atoms with Crippen molar-refractivity contribution >= 4 is 33.6 Å². The van der Waals surface area contributed by atoms with Crippen LogP contribution in [0, 0.1) is 0 Å². The number of carbonyl (C=O) groups excluding carboxylic acids is 3. The molecule has 0 rings (SSSR count). The summed E-state index contributed by atoms with van der Waals surface area (Å²) in [5.41, 5.74) is 0. The highest BCUT2D eigenvalue weighted by molar-refractivity contribution is 7.47. The van der Waals surface area contributed by atoms with Crippen LogP contribution in [0.1, 0.15) is 290 Å². The van der Waals surface area contributed by atoms with Crippen LogP contribution in [0.4, 0.5) is 0 Å². The number of aliphatic hydroxyl groups excluding tert-OH is 2. The zero-order chi connectivity index (χ0) is 75.2. The first kappa shape index (κ1) is 97.9. The van der Waals surface area contributed by atoms with E-state index in [1.807, 2.05) is 12.2 Å². The van der Waals surface area contributed by atoms with E-state index in [0.717, 1.165) is 148 Å². The number of phosphoric ester groups is 2. The number of unbranched alkanes of at least 4 members (excludes halogenated alkanes) is 22. The highest BCUT2D eigenvalue weighted by Gasteiger charge is 2.29. The van der Waals surface area contributed by atoms with Gasteiger partial charge in [-0.25, -0.2) is 9.13 Å². The molecule has 16 nitrogen and oxygen atoms in total. The maximum atomic E-state index is 13.0. The van der Waals surface area contributed by atoms with Gasteiger partial charge in [-0.3, -0.25) is 32.5 Å². The summed E-state index contributed by atoms with van der Waals surface area (Å²) in [5, 5.41) is 20.6. The zero-order valence-corrected chi connectivity index (χ0v) is 65.7. The Hall–Kier alpha value is -5.09. The smallest absolute Gasteiger partial charge is 0.463 e. The molecule has 5 atom stereocenters. The molecule has 103 heavy (non-hydrogen) atoms. The minimum Gasteiger partial charge on any atom is -0.463 e. The van der Waals surface area contributed by atoms with Crippen molar-refractivity contribution in [2.45, 2.75) is 309 Å². The lowest BCUT2D eigenvalue weighted by Gasteiger charge is -2.21. The van der Waals surface area contributed by atoms with Gasteiger partial charge in [-0.15, -0.1) is 0 Å². The van der Waals surface area contributed by atoms with Crippen LogP contribution in [0.5, 0.6) is 0 Å². The first-order valence-electron chi connectivity index (χ1n) is 39.4. The lowest BCUT2D eigenvalue weighted by molar-refractivity contribution is -0.161. The second kappa shape index (κ2) is 76.6. The van der Waals surface area contributed by atoms with Crippen LogP contribution in [0.2, 0.25) is 0 Å². The summed E-state index contributed by atoms with van der Waals surface area (Å²) in [7, 11) is -9.83. The lowest BCUT2D eigenvalue weighted by Crippen LogP contribution is -2.30. The van der Waals surface area contributed by atoms with Gasteiger partial charge in [-0.1, -0.05) is 294 Å². The first-order chi connectivity index (χ1) is 50.2. The molecule has 18 heteroatoms. The Morgan fingerprint density at radius 1 is 0.282 bits per heavy atom. The van der Waals surface area contributed by atoms with Crippen LogP contribution < -0.4 is 0 Å². The van der Waals surface area contributed by atoms with E-state index in [2.05, 4.69) is 179 Å². The minimum absolute atomic E-state index is 0.0191. The third kappa shape index (κ3) is 77.8. The van der Waals surface area contributed by atoms with Gasteiger partial charge >= 0.3 is 33.6 Å². The molecule has 0 aliphatic heterocycles. The average Bonchev–Trinajstić information content (AvgIpc) is 0.914. The topological polar surface area (TPSA) is 231 Å². The number of ether oxygens (including phenoxy) is 3. The standard InChI is InChI=1S/C85H140O16P2/c1-4-7-10-13-16-19-22-25-28-31-33-35-37-39-41-43-45-48-50-53-56-59-62-65-68-71-83(88)95-74-80(86)75-97-102(91,92)98-76-81(87)77-99-103(93,94)100-79-82(101-85(90)73-70-67-64-61-58-55-52-47-30-27-24-21-18-15-12-9-6-3)78-96-84(89)72-69-66-63-60-57-54-51-49-46-44-42-40-38-36-34-32-29-26-23-20-17-14-11-8-5-2/h7,9-10,12,16-21,25-30,33-36,39-42,52,55,61,64,80-82,86-87H,4-6,8,11,13-15,22-24,31-32,37-38,43-51,53-54,56-60,62-63,65-79H2,1-3H3,(H,91,92)(H,93,94)/b10-7-,12-9-,19-16-,20-17-,21-18-,28-25-,29-26-,30-27-,35-33-,36-34-,41-39-,42-40-,55-52-,64-61-. The fourth-order valence-corrected chi connectivity index (χ4v) is 11.6. The molecule has 0 saturated carbocycles. The van der Waals surface area contributed by atoms with Crippen molar-refractivity contribution in [2.24, 2.45) is 0 Å². The third-order valence-corrected chi connectivity index (χ3v) is 17.8. The Kier molecular flexibility index (Phi) is 72.8. The number of aliphatic hydroxyl groups is 2. The number of hydrogen-bond acceptors (Lipinski definition) is 14. The SMILES string of the molecule is CC/C=C\C/C=C\C/C=C\C/C=C\C/C=C\CCCCCCCCCCCC(=O)OCC(O)COP(=O)(O)OCC(O)COP(=O)(O)OCC(COC(=O)CCCCCCCCCCC/C=C\C/C=C\C/C=C\C/C=C\CCCCC)OC(=O)CCC/C=C\C/C=C\C/C=C\C/C=C\C/C=C\CC. The van der Waals surface area contributed by atoms with Gasteiger partial charge in [0, 0.05) is 19.3 Å². The molecule has 0 heterocycles. The van der Waals surface area contributed by atoms with Gasteiger partial charge in [0.2, 0.25) is 0 Å². The van der Waals surface area contributed by atoms with Crippen LogP contribution in [0.25, 0.3) is 0 Å². The molecule has 0 radical (unpaired) electrons. The van der Waals surface area contributed by atoms with E-state index in [4.69, 9.17) is 32.3 Å². The average molecular weight is 1480 g/mol. The summed E-state index contributed by atoms with van der Waals surface area (Å²) in [6, 6.07) is 0. The predicted octanol–water partition coefficient (Wildman–Crippen LogP) is 23.2. The molecule has 0 aromatic rings. The number of rotatable bonds is 73. The Morgan fingerprint density at radius 2 is 0.524 bits per heavy atom. The van der Waals surface area contributed by atoms with E-state index in [1.54, 1.807) is 0 Å². The molecule has 0 fully saturated rings. The molecule has 0 amide bonds. The van der Waals surface area contributed by atoms with E-state index in [9.17, 15) is 43.5 Å². The van der Waals surface area contributed by atoms with Crippen molar-refractivity contribution < 1.29 is 75.8 Å². The summed E-state index contributed by atoms with van der Waals surface area (Å²) in [5.74, 6) is -1.66.